The molecule has 5 heteroatoms. The molecule has 0 radical (unpaired) electrons. The van der Waals surface area contributed by atoms with E-state index in [9.17, 15) is 0 Å². The highest BCUT2D eigenvalue weighted by atomic mass is 15.0. The fraction of sp³-hybridized carbons (Fsp3) is 0.545. The summed E-state index contributed by atoms with van der Waals surface area (Å²) in [4.78, 5) is 7.72. The molecular weight excluding hydrogens is 202 g/mol. The van der Waals surface area contributed by atoms with Gasteiger partial charge in [0.1, 0.15) is 29.6 Å². The lowest BCUT2D eigenvalue weighted by Gasteiger charge is -2.12. The minimum atomic E-state index is 0.216. The average molecular weight is 221 g/mol. The molecule has 16 heavy (non-hydrogen) atoms. The topological polar surface area (TPSA) is 87.6 Å². The van der Waals surface area contributed by atoms with Gasteiger partial charge in [0.25, 0.3) is 0 Å². The van der Waals surface area contributed by atoms with Crippen molar-refractivity contribution in [3.63, 3.8) is 0 Å². The van der Waals surface area contributed by atoms with Crippen molar-refractivity contribution in [3.05, 3.63) is 11.9 Å². The first-order valence-corrected chi connectivity index (χ1v) is 5.46. The fourth-order valence-corrected chi connectivity index (χ4v) is 0.954. The summed E-state index contributed by atoms with van der Waals surface area (Å²) < 4.78 is 0. The zero-order valence-electron chi connectivity index (χ0n) is 10.3. The van der Waals surface area contributed by atoms with Crippen molar-refractivity contribution in [2.24, 2.45) is 0 Å². The molecule has 0 spiro atoms. The molecule has 3 N–H and O–H groups in total. The fourth-order valence-electron chi connectivity index (χ4n) is 0.954. The van der Waals surface area contributed by atoms with E-state index in [1.807, 2.05) is 33.8 Å². The summed E-state index contributed by atoms with van der Waals surface area (Å²) in [6.45, 7) is 8.06. The summed E-state index contributed by atoms with van der Waals surface area (Å²) >= 11 is 0. The molecule has 0 saturated carbocycles. The lowest BCUT2D eigenvalue weighted by molar-refractivity contribution is 0.758. The van der Waals surface area contributed by atoms with E-state index < -0.39 is 0 Å². The Bertz CT molecular complexity index is 356. The highest BCUT2D eigenvalue weighted by molar-refractivity contribution is 5.62. The summed E-state index contributed by atoms with van der Waals surface area (Å²) in [7, 11) is 0. The average Bonchev–Trinajstić information content (AvgIpc) is 2.32. The molecule has 1 aromatic rings. The number of nitrogens with two attached hydrogens (primary N) is 1. The van der Waals surface area contributed by atoms with Gasteiger partial charge in [0.15, 0.2) is 0 Å². The third-order valence-electron chi connectivity index (χ3n) is 1.98. The summed E-state index contributed by atoms with van der Waals surface area (Å²) in [5, 5.41) is 11.9. The second-order valence-corrected chi connectivity index (χ2v) is 3.05. The molecule has 0 fully saturated rings. The molecule has 0 aliphatic rings. The van der Waals surface area contributed by atoms with Crippen LogP contribution in [-0.4, -0.2) is 16.0 Å². The maximum Gasteiger partial charge on any atom is 0.149 e. The van der Waals surface area contributed by atoms with E-state index in [-0.39, 0.29) is 11.9 Å². The molecular formula is C11H19N5. The van der Waals surface area contributed by atoms with Crippen LogP contribution >= 0.6 is 0 Å². The molecule has 0 aliphatic carbocycles. The molecule has 0 unspecified atom stereocenters. The number of nitrogens with zero attached hydrogens (tertiary/aromatic N) is 3. The first kappa shape index (κ1) is 14.2. The van der Waals surface area contributed by atoms with Crippen LogP contribution in [0.3, 0.4) is 0 Å². The zero-order valence-corrected chi connectivity index (χ0v) is 10.3. The first-order valence-electron chi connectivity index (χ1n) is 5.46. The van der Waals surface area contributed by atoms with E-state index >= 15 is 0 Å². The minimum absolute atomic E-state index is 0.216. The van der Waals surface area contributed by atoms with Crippen molar-refractivity contribution in [3.8, 4) is 6.07 Å². The van der Waals surface area contributed by atoms with E-state index in [1.54, 1.807) is 0 Å². The van der Waals surface area contributed by atoms with Crippen LogP contribution in [0, 0.1) is 11.3 Å². The molecule has 0 aliphatic heterocycles. The standard InChI is InChI=1S/C9H13N5.C2H6/c1-3-6(2)14-9-7(4-10)8(11)12-5-13-9;1-2/h5-6H,3H2,1-2H3,(H3,11,12,13,14);1-2H3/t6-;/m1./s1. The predicted molar refractivity (Wildman–Crippen MR) is 65.9 cm³/mol. The normalized spacial score (nSPS) is 10.7. The maximum atomic E-state index is 8.83. The lowest BCUT2D eigenvalue weighted by Crippen LogP contribution is -2.16. The number of rotatable bonds is 3. The molecule has 1 heterocycles. The Hall–Kier alpha value is -1.83. The van der Waals surface area contributed by atoms with Crippen molar-refractivity contribution in [2.45, 2.75) is 40.2 Å². The zero-order chi connectivity index (χ0) is 12.6. The minimum Gasteiger partial charge on any atom is -0.382 e. The Morgan fingerprint density at radius 1 is 1.50 bits per heavy atom. The van der Waals surface area contributed by atoms with Crippen LogP contribution in [0.25, 0.3) is 0 Å². The van der Waals surface area contributed by atoms with Gasteiger partial charge in [0.2, 0.25) is 0 Å². The van der Waals surface area contributed by atoms with Crippen molar-refractivity contribution < 1.29 is 0 Å². The van der Waals surface area contributed by atoms with E-state index in [0.717, 1.165) is 6.42 Å². The monoisotopic (exact) mass is 221 g/mol. The van der Waals surface area contributed by atoms with Gasteiger partial charge in [0, 0.05) is 6.04 Å². The van der Waals surface area contributed by atoms with Crippen LogP contribution in [0.2, 0.25) is 0 Å². The van der Waals surface area contributed by atoms with Gasteiger partial charge < -0.3 is 11.1 Å². The molecule has 1 rings (SSSR count). The number of aromatic nitrogens is 2. The number of hydrogen-bond acceptors (Lipinski definition) is 5. The number of nitrogen functional groups attached to an aromatic ring is 1. The van der Waals surface area contributed by atoms with Crippen LogP contribution in [0.5, 0.6) is 0 Å². The molecule has 1 atom stereocenters. The molecule has 0 amide bonds. The van der Waals surface area contributed by atoms with Gasteiger partial charge >= 0.3 is 0 Å². The van der Waals surface area contributed by atoms with E-state index in [1.165, 1.54) is 6.33 Å². The van der Waals surface area contributed by atoms with Crippen LogP contribution < -0.4 is 11.1 Å². The number of hydrogen-bond donors (Lipinski definition) is 2. The smallest absolute Gasteiger partial charge is 0.149 e. The van der Waals surface area contributed by atoms with Crippen LogP contribution in [0.4, 0.5) is 11.6 Å². The van der Waals surface area contributed by atoms with Gasteiger partial charge in [0.05, 0.1) is 0 Å². The Kier molecular flexibility index (Phi) is 6.61. The number of nitrogens with one attached hydrogen (secondary N) is 1. The second kappa shape index (κ2) is 7.46. The third kappa shape index (κ3) is 3.73. The second-order valence-electron chi connectivity index (χ2n) is 3.05. The van der Waals surface area contributed by atoms with Gasteiger partial charge in [-0.2, -0.15) is 5.26 Å². The highest BCUT2D eigenvalue weighted by Crippen LogP contribution is 2.16. The van der Waals surface area contributed by atoms with Crippen molar-refractivity contribution in [1.82, 2.24) is 9.97 Å². The highest BCUT2D eigenvalue weighted by Gasteiger charge is 2.09. The maximum absolute atomic E-state index is 8.83. The van der Waals surface area contributed by atoms with Crippen molar-refractivity contribution >= 4 is 11.6 Å². The Balaban J connectivity index is 0.00000106. The summed E-state index contributed by atoms with van der Waals surface area (Å²) in [5.41, 5.74) is 5.85. The first-order chi connectivity index (χ1) is 7.69. The Morgan fingerprint density at radius 2 is 2.12 bits per heavy atom. The Morgan fingerprint density at radius 3 is 2.62 bits per heavy atom. The molecule has 88 valence electrons. The van der Waals surface area contributed by atoms with Gasteiger partial charge in [-0.3, -0.25) is 0 Å². The molecule has 5 nitrogen and oxygen atoms in total. The van der Waals surface area contributed by atoms with E-state index in [4.69, 9.17) is 11.0 Å². The molecule has 0 bridgehead atoms. The molecule has 1 aromatic heterocycles. The number of anilines is 2. The SMILES string of the molecule is CC.CC[C@@H](C)Nc1ncnc(N)c1C#N. The predicted octanol–water partition coefficient (Wildman–Crippen LogP) is 2.17. The summed E-state index contributed by atoms with van der Waals surface area (Å²) in [6.07, 6.45) is 2.30. The lowest BCUT2D eigenvalue weighted by atomic mass is 10.2. The quantitative estimate of drug-likeness (QED) is 0.816. The van der Waals surface area contributed by atoms with Gasteiger partial charge in [-0.05, 0) is 13.3 Å². The third-order valence-corrected chi connectivity index (χ3v) is 1.98. The summed E-state index contributed by atoms with van der Waals surface area (Å²) in [5.74, 6) is 0.725. The van der Waals surface area contributed by atoms with Gasteiger partial charge in [-0.1, -0.05) is 20.8 Å². The molecule has 0 aromatic carbocycles. The Labute approximate surface area is 96.7 Å². The van der Waals surface area contributed by atoms with Gasteiger partial charge in [-0.25, -0.2) is 9.97 Å². The van der Waals surface area contributed by atoms with Crippen molar-refractivity contribution in [1.29, 1.82) is 5.26 Å². The van der Waals surface area contributed by atoms with E-state index in [2.05, 4.69) is 15.3 Å². The summed E-state index contributed by atoms with van der Waals surface area (Å²) in [6, 6.07) is 2.24. The largest absolute Gasteiger partial charge is 0.382 e. The van der Waals surface area contributed by atoms with Crippen LogP contribution in [-0.2, 0) is 0 Å². The van der Waals surface area contributed by atoms with Crippen LogP contribution in [0.15, 0.2) is 6.33 Å². The van der Waals surface area contributed by atoms with Gasteiger partial charge in [-0.15, -0.1) is 0 Å². The van der Waals surface area contributed by atoms with Crippen molar-refractivity contribution in [2.75, 3.05) is 11.1 Å². The number of nitriles is 1. The van der Waals surface area contributed by atoms with Crippen LogP contribution in [0.1, 0.15) is 39.7 Å². The van der Waals surface area contributed by atoms with E-state index in [0.29, 0.717) is 11.4 Å². The molecule has 0 saturated heterocycles.